The lowest BCUT2D eigenvalue weighted by molar-refractivity contribution is -0.912. The standard InChI is InChI=1S/C20H37N5O10/c1-34-9-4-22-16(26)12-24(13-19(30)31)6-8-25(15-20(32)33,7-3-21-11-18(28)29)14-17(27)23-5-10-35-2/h21H,3-15H2,1-2H3,(H4-,22,23,26,27,28,29,30,31,32,33)/p+1. The van der Waals surface area contributed by atoms with Crippen LogP contribution in [0.5, 0.6) is 0 Å². The van der Waals surface area contributed by atoms with E-state index in [4.69, 9.17) is 14.6 Å². The van der Waals surface area contributed by atoms with E-state index in [1.165, 1.54) is 19.1 Å². The molecule has 0 saturated carbocycles. The molecule has 0 aromatic carbocycles. The molecule has 15 nitrogen and oxygen atoms in total. The molecule has 0 aromatic heterocycles. The summed E-state index contributed by atoms with van der Waals surface area (Å²) >= 11 is 0. The van der Waals surface area contributed by atoms with Crippen LogP contribution in [0.15, 0.2) is 0 Å². The molecule has 0 radical (unpaired) electrons. The van der Waals surface area contributed by atoms with Crippen LogP contribution in [0, 0.1) is 0 Å². The van der Waals surface area contributed by atoms with Gasteiger partial charge in [0.1, 0.15) is 0 Å². The Morgan fingerprint density at radius 1 is 0.743 bits per heavy atom. The Balaban J connectivity index is 5.53. The van der Waals surface area contributed by atoms with Gasteiger partial charge in [-0.05, 0) is 0 Å². The number of quaternary nitrogens is 1. The van der Waals surface area contributed by atoms with E-state index >= 15 is 0 Å². The summed E-state index contributed by atoms with van der Waals surface area (Å²) in [6.45, 7) is -0.571. The first-order valence-corrected chi connectivity index (χ1v) is 11.0. The smallest absolute Gasteiger partial charge is 0.359 e. The summed E-state index contributed by atoms with van der Waals surface area (Å²) in [5, 5.41) is 35.5. The van der Waals surface area contributed by atoms with Gasteiger partial charge >= 0.3 is 17.9 Å². The quantitative estimate of drug-likeness (QED) is 0.0622. The van der Waals surface area contributed by atoms with Crippen LogP contribution in [0.25, 0.3) is 0 Å². The number of carboxylic acids is 3. The molecule has 15 heteroatoms. The lowest BCUT2D eigenvalue weighted by Gasteiger charge is -2.38. The van der Waals surface area contributed by atoms with E-state index in [-0.39, 0.29) is 76.6 Å². The summed E-state index contributed by atoms with van der Waals surface area (Å²) in [7, 11) is 2.94. The predicted octanol–water partition coefficient (Wildman–Crippen LogP) is -3.53. The highest BCUT2D eigenvalue weighted by Gasteiger charge is 2.34. The minimum Gasteiger partial charge on any atom is -0.480 e. The number of rotatable bonds is 22. The average Bonchev–Trinajstić information content (AvgIpc) is 2.74. The predicted molar refractivity (Wildman–Crippen MR) is 122 cm³/mol. The second-order valence-corrected chi connectivity index (χ2v) is 7.86. The molecule has 0 aliphatic rings. The Morgan fingerprint density at radius 2 is 1.34 bits per heavy atom. The van der Waals surface area contributed by atoms with Crippen LogP contribution < -0.4 is 16.0 Å². The number of nitrogens with zero attached hydrogens (tertiary/aromatic N) is 2. The number of hydrogen-bond donors (Lipinski definition) is 6. The van der Waals surface area contributed by atoms with Crippen LogP contribution >= 0.6 is 0 Å². The van der Waals surface area contributed by atoms with Crippen LogP contribution in [0.2, 0.25) is 0 Å². The normalized spacial score (nSPS) is 12.7. The van der Waals surface area contributed by atoms with Crippen molar-refractivity contribution in [1.82, 2.24) is 20.9 Å². The summed E-state index contributed by atoms with van der Waals surface area (Å²) in [5.41, 5.74) is 0. The zero-order valence-corrected chi connectivity index (χ0v) is 20.3. The van der Waals surface area contributed by atoms with E-state index < -0.39 is 42.8 Å². The van der Waals surface area contributed by atoms with E-state index in [1.54, 1.807) is 0 Å². The second kappa shape index (κ2) is 18.5. The lowest BCUT2D eigenvalue weighted by Crippen LogP contribution is -2.61. The molecule has 0 heterocycles. The third-order valence-electron chi connectivity index (χ3n) is 4.86. The molecule has 0 fully saturated rings. The van der Waals surface area contributed by atoms with Crippen molar-refractivity contribution in [3.05, 3.63) is 0 Å². The van der Waals surface area contributed by atoms with Gasteiger partial charge in [0.15, 0.2) is 13.1 Å². The van der Waals surface area contributed by atoms with Crippen molar-refractivity contribution in [2.24, 2.45) is 0 Å². The Labute approximate surface area is 203 Å². The molecule has 0 aromatic rings. The molecule has 1 atom stereocenters. The number of carboxylic acid groups (broad SMARTS) is 3. The third kappa shape index (κ3) is 17.3. The maximum atomic E-state index is 12.5. The van der Waals surface area contributed by atoms with Crippen LogP contribution in [-0.4, -0.2) is 154 Å². The largest absolute Gasteiger partial charge is 0.480 e. The number of methoxy groups -OCH3 is 2. The highest BCUT2D eigenvalue weighted by atomic mass is 16.5. The van der Waals surface area contributed by atoms with Gasteiger partial charge in [-0.15, -0.1) is 0 Å². The maximum Gasteiger partial charge on any atom is 0.359 e. The minimum atomic E-state index is -1.19. The average molecular weight is 509 g/mol. The Morgan fingerprint density at radius 3 is 1.86 bits per heavy atom. The number of amides is 2. The van der Waals surface area contributed by atoms with Crippen molar-refractivity contribution in [3.63, 3.8) is 0 Å². The minimum absolute atomic E-state index is 0.00155. The SMILES string of the molecule is COCCNC(=O)CN(CC[N+](CCNCC(=O)O)(CC(=O)O)CC(=O)NCCOC)CC(=O)O. The number of ether oxygens (including phenoxy) is 2. The molecule has 2 amide bonds. The van der Waals surface area contributed by atoms with Gasteiger partial charge < -0.3 is 45.2 Å². The van der Waals surface area contributed by atoms with Gasteiger partial charge in [0.05, 0.1) is 45.9 Å². The molecule has 0 bridgehead atoms. The van der Waals surface area contributed by atoms with Crippen LogP contribution in [0.1, 0.15) is 0 Å². The van der Waals surface area contributed by atoms with Crippen molar-refractivity contribution in [3.8, 4) is 0 Å². The zero-order chi connectivity index (χ0) is 26.7. The van der Waals surface area contributed by atoms with Gasteiger partial charge in [-0.3, -0.25) is 24.1 Å². The summed E-state index contributed by atoms with van der Waals surface area (Å²) < 4.78 is 9.46. The zero-order valence-electron chi connectivity index (χ0n) is 20.3. The number of carbonyl (C=O) groups is 5. The maximum absolute atomic E-state index is 12.5. The molecule has 0 rings (SSSR count). The number of aliphatic carboxylic acids is 3. The van der Waals surface area contributed by atoms with E-state index in [9.17, 15) is 34.2 Å². The summed E-state index contributed by atoms with van der Waals surface area (Å²) in [4.78, 5) is 59.8. The topological polar surface area (TPSA) is 204 Å². The first kappa shape index (κ1) is 32.1. The molecular formula is C20H38N5O10+. The number of hydrogen-bond acceptors (Lipinski definition) is 9. The third-order valence-corrected chi connectivity index (χ3v) is 4.86. The molecule has 1 unspecified atom stereocenters. The molecule has 6 N–H and O–H groups in total. The molecular weight excluding hydrogens is 470 g/mol. The van der Waals surface area contributed by atoms with Gasteiger partial charge in [0.2, 0.25) is 5.91 Å². The molecule has 0 spiro atoms. The van der Waals surface area contributed by atoms with Gasteiger partial charge in [0, 0.05) is 40.4 Å². The van der Waals surface area contributed by atoms with Crippen molar-refractivity contribution < 1.29 is 53.2 Å². The van der Waals surface area contributed by atoms with Crippen LogP contribution in [0.3, 0.4) is 0 Å². The van der Waals surface area contributed by atoms with Crippen molar-refractivity contribution in [1.29, 1.82) is 0 Å². The molecule has 0 saturated heterocycles. The first-order chi connectivity index (χ1) is 16.5. The summed E-state index contributed by atoms with van der Waals surface area (Å²) in [6.07, 6.45) is 0. The van der Waals surface area contributed by atoms with Gasteiger partial charge in [-0.2, -0.15) is 0 Å². The van der Waals surface area contributed by atoms with E-state index in [2.05, 4.69) is 16.0 Å². The fraction of sp³-hybridized carbons (Fsp3) is 0.750. The number of carbonyl (C=O) groups excluding carboxylic acids is 2. The van der Waals surface area contributed by atoms with E-state index in [1.807, 2.05) is 0 Å². The Hall–Kier alpha value is -2.85. The number of nitrogens with one attached hydrogen (secondary N) is 3. The first-order valence-electron chi connectivity index (χ1n) is 11.0. The summed E-state index contributed by atoms with van der Waals surface area (Å²) in [5.74, 6) is -4.32. The van der Waals surface area contributed by atoms with Crippen molar-refractivity contribution >= 4 is 29.7 Å². The highest BCUT2D eigenvalue weighted by Crippen LogP contribution is 2.08. The fourth-order valence-electron chi connectivity index (χ4n) is 3.25. The van der Waals surface area contributed by atoms with Crippen LogP contribution in [0.4, 0.5) is 0 Å². The monoisotopic (exact) mass is 508 g/mol. The van der Waals surface area contributed by atoms with E-state index in [0.29, 0.717) is 0 Å². The lowest BCUT2D eigenvalue weighted by atomic mass is 10.2. The fourth-order valence-corrected chi connectivity index (χ4v) is 3.25. The van der Waals surface area contributed by atoms with Crippen LogP contribution in [-0.2, 0) is 33.4 Å². The van der Waals surface area contributed by atoms with Gasteiger partial charge in [0.25, 0.3) is 5.91 Å². The second-order valence-electron chi connectivity index (χ2n) is 7.86. The molecule has 0 aliphatic heterocycles. The molecule has 202 valence electrons. The van der Waals surface area contributed by atoms with Crippen molar-refractivity contribution in [2.75, 3.05) is 99.4 Å². The van der Waals surface area contributed by atoms with Gasteiger partial charge in [-0.25, -0.2) is 4.79 Å². The Bertz CT molecular complexity index is 693. The van der Waals surface area contributed by atoms with Gasteiger partial charge in [-0.1, -0.05) is 0 Å². The van der Waals surface area contributed by atoms with E-state index in [0.717, 1.165) is 0 Å². The molecule has 0 aliphatic carbocycles. The summed E-state index contributed by atoms with van der Waals surface area (Å²) in [6, 6.07) is 0. The Kier molecular flexibility index (Phi) is 17.0. The highest BCUT2D eigenvalue weighted by molar-refractivity contribution is 5.79. The van der Waals surface area contributed by atoms with Crippen molar-refractivity contribution in [2.45, 2.75) is 0 Å². The molecule has 35 heavy (non-hydrogen) atoms.